The highest BCUT2D eigenvalue weighted by atomic mass is 32.2. The Morgan fingerprint density at radius 1 is 1.09 bits per heavy atom. The van der Waals surface area contributed by atoms with Gasteiger partial charge in [-0.2, -0.15) is 0 Å². The van der Waals surface area contributed by atoms with Crippen LogP contribution in [0.2, 0.25) is 0 Å². The Labute approximate surface area is 136 Å². The number of amides is 1. The Morgan fingerprint density at radius 2 is 1.83 bits per heavy atom. The first-order valence-electron chi connectivity index (χ1n) is 7.80. The molecule has 3 rings (SSSR count). The zero-order valence-electron chi connectivity index (χ0n) is 12.8. The van der Waals surface area contributed by atoms with Crippen molar-refractivity contribution in [2.75, 3.05) is 13.1 Å². The van der Waals surface area contributed by atoms with Gasteiger partial charge in [0.25, 0.3) is 0 Å². The molecule has 1 saturated carbocycles. The van der Waals surface area contributed by atoms with Gasteiger partial charge in [-0.25, -0.2) is 13.1 Å². The van der Waals surface area contributed by atoms with Crippen molar-refractivity contribution in [3.05, 3.63) is 42.5 Å². The van der Waals surface area contributed by atoms with Gasteiger partial charge in [-0.1, -0.05) is 30.3 Å². The van der Waals surface area contributed by atoms with E-state index in [0.29, 0.717) is 12.5 Å². The maximum Gasteiger partial charge on any atom is 0.240 e. The highest BCUT2D eigenvalue weighted by Crippen LogP contribution is 2.27. The van der Waals surface area contributed by atoms with Gasteiger partial charge in [0.2, 0.25) is 15.9 Å². The molecule has 122 valence electrons. The van der Waals surface area contributed by atoms with Crippen LogP contribution < -0.4 is 10.0 Å². The van der Waals surface area contributed by atoms with Gasteiger partial charge in [-0.15, -0.1) is 0 Å². The van der Waals surface area contributed by atoms with Crippen molar-refractivity contribution in [1.29, 1.82) is 0 Å². The van der Waals surface area contributed by atoms with Crippen molar-refractivity contribution in [2.45, 2.75) is 24.2 Å². The molecule has 6 heteroatoms. The molecule has 1 fully saturated rings. The minimum Gasteiger partial charge on any atom is -0.356 e. The standard InChI is InChI=1S/C17H20N2O3S/c20-17(18-12-13-5-6-13)9-10-19-23(21,22)16-8-7-14-3-1-2-4-15(14)11-16/h1-4,7-8,11,13,19H,5-6,9-10,12H2,(H,18,20). The van der Waals surface area contributed by atoms with Gasteiger partial charge >= 0.3 is 0 Å². The molecule has 2 aromatic carbocycles. The molecule has 1 aliphatic rings. The number of sulfonamides is 1. The van der Waals surface area contributed by atoms with Crippen molar-refractivity contribution in [2.24, 2.45) is 5.92 Å². The minimum atomic E-state index is -3.60. The van der Waals surface area contributed by atoms with Gasteiger partial charge in [-0.05, 0) is 41.7 Å². The van der Waals surface area contributed by atoms with Crippen LogP contribution >= 0.6 is 0 Å². The van der Waals surface area contributed by atoms with Crippen molar-refractivity contribution in [3.63, 3.8) is 0 Å². The number of hydrogen-bond donors (Lipinski definition) is 2. The molecule has 0 heterocycles. The lowest BCUT2D eigenvalue weighted by Crippen LogP contribution is -2.31. The highest BCUT2D eigenvalue weighted by Gasteiger charge is 2.21. The summed E-state index contributed by atoms with van der Waals surface area (Å²) in [6.45, 7) is 0.807. The van der Waals surface area contributed by atoms with Crippen LogP contribution in [0.3, 0.4) is 0 Å². The van der Waals surface area contributed by atoms with Crippen LogP contribution in [0.5, 0.6) is 0 Å². The highest BCUT2D eigenvalue weighted by molar-refractivity contribution is 7.89. The summed E-state index contributed by atoms with van der Waals surface area (Å²) in [5.74, 6) is 0.506. The fraction of sp³-hybridized carbons (Fsp3) is 0.353. The molecule has 0 radical (unpaired) electrons. The van der Waals surface area contributed by atoms with E-state index in [0.717, 1.165) is 10.8 Å². The number of benzene rings is 2. The van der Waals surface area contributed by atoms with Crippen LogP contribution in [0.25, 0.3) is 10.8 Å². The second-order valence-corrected chi connectivity index (χ2v) is 7.67. The molecular weight excluding hydrogens is 312 g/mol. The quantitative estimate of drug-likeness (QED) is 0.815. The molecule has 2 N–H and O–H groups in total. The summed E-state index contributed by atoms with van der Waals surface area (Å²) in [7, 11) is -3.60. The Morgan fingerprint density at radius 3 is 2.57 bits per heavy atom. The van der Waals surface area contributed by atoms with E-state index in [9.17, 15) is 13.2 Å². The van der Waals surface area contributed by atoms with Crippen molar-refractivity contribution in [1.82, 2.24) is 10.0 Å². The Hall–Kier alpha value is -1.92. The van der Waals surface area contributed by atoms with E-state index in [-0.39, 0.29) is 23.8 Å². The lowest BCUT2D eigenvalue weighted by Gasteiger charge is -2.08. The predicted molar refractivity (Wildman–Crippen MR) is 89.5 cm³/mol. The summed E-state index contributed by atoms with van der Waals surface area (Å²) >= 11 is 0. The number of carbonyl (C=O) groups is 1. The minimum absolute atomic E-state index is 0.103. The molecule has 1 amide bonds. The third kappa shape index (κ3) is 4.30. The van der Waals surface area contributed by atoms with Crippen molar-refractivity contribution in [3.8, 4) is 0 Å². The van der Waals surface area contributed by atoms with Crippen molar-refractivity contribution >= 4 is 26.7 Å². The summed E-state index contributed by atoms with van der Waals surface area (Å²) in [6.07, 6.45) is 2.50. The molecule has 0 saturated heterocycles. The van der Waals surface area contributed by atoms with E-state index in [4.69, 9.17) is 0 Å². The topological polar surface area (TPSA) is 75.3 Å². The SMILES string of the molecule is O=C(CCNS(=O)(=O)c1ccc2ccccc2c1)NCC1CC1. The van der Waals surface area contributed by atoms with Gasteiger partial charge in [0.15, 0.2) is 0 Å². The van der Waals surface area contributed by atoms with Gasteiger partial charge < -0.3 is 5.32 Å². The van der Waals surface area contributed by atoms with Gasteiger partial charge in [0, 0.05) is 19.5 Å². The largest absolute Gasteiger partial charge is 0.356 e. The average molecular weight is 332 g/mol. The van der Waals surface area contributed by atoms with Gasteiger partial charge in [0.1, 0.15) is 0 Å². The molecule has 0 unspecified atom stereocenters. The van der Waals surface area contributed by atoms with Crippen molar-refractivity contribution < 1.29 is 13.2 Å². The third-order valence-electron chi connectivity index (χ3n) is 3.96. The summed E-state index contributed by atoms with van der Waals surface area (Å²) in [4.78, 5) is 11.8. The molecule has 0 spiro atoms. The second-order valence-electron chi connectivity index (χ2n) is 5.90. The first-order chi connectivity index (χ1) is 11.0. The first-order valence-corrected chi connectivity index (χ1v) is 9.28. The molecule has 2 aromatic rings. The molecule has 0 aliphatic heterocycles. The number of carbonyl (C=O) groups excluding carboxylic acids is 1. The summed E-state index contributed by atoms with van der Waals surface area (Å²) in [5, 5.41) is 4.69. The predicted octanol–water partition coefficient (Wildman–Crippen LogP) is 2.03. The number of hydrogen-bond acceptors (Lipinski definition) is 3. The second kappa shape index (κ2) is 6.68. The third-order valence-corrected chi connectivity index (χ3v) is 5.42. The van der Waals surface area contributed by atoms with E-state index in [2.05, 4.69) is 10.0 Å². The van der Waals surface area contributed by atoms with E-state index in [1.54, 1.807) is 18.2 Å². The molecule has 23 heavy (non-hydrogen) atoms. The summed E-state index contributed by atoms with van der Waals surface area (Å²) in [5.41, 5.74) is 0. The summed E-state index contributed by atoms with van der Waals surface area (Å²) in [6, 6.07) is 12.6. The van der Waals surface area contributed by atoms with E-state index >= 15 is 0 Å². The van der Waals surface area contributed by atoms with E-state index < -0.39 is 10.0 Å². The van der Waals surface area contributed by atoms with Crippen LogP contribution in [-0.4, -0.2) is 27.4 Å². The van der Waals surface area contributed by atoms with E-state index in [1.807, 2.05) is 24.3 Å². The maximum absolute atomic E-state index is 12.3. The monoisotopic (exact) mass is 332 g/mol. The zero-order chi connectivity index (χ0) is 16.3. The number of rotatable bonds is 7. The first kappa shape index (κ1) is 16.0. The van der Waals surface area contributed by atoms with Crippen LogP contribution in [0.1, 0.15) is 19.3 Å². The zero-order valence-corrected chi connectivity index (χ0v) is 13.6. The van der Waals surface area contributed by atoms with Crippen LogP contribution in [0, 0.1) is 5.92 Å². The molecule has 0 bridgehead atoms. The van der Waals surface area contributed by atoms with Gasteiger partial charge in [0.05, 0.1) is 4.90 Å². The molecule has 1 aliphatic carbocycles. The maximum atomic E-state index is 12.3. The lowest BCUT2D eigenvalue weighted by molar-refractivity contribution is -0.120. The number of fused-ring (bicyclic) bond motifs is 1. The fourth-order valence-electron chi connectivity index (χ4n) is 2.39. The Kier molecular flexibility index (Phi) is 4.63. The number of nitrogens with one attached hydrogen (secondary N) is 2. The molecule has 5 nitrogen and oxygen atoms in total. The lowest BCUT2D eigenvalue weighted by atomic mass is 10.1. The molecule has 0 atom stereocenters. The fourth-order valence-corrected chi connectivity index (χ4v) is 3.45. The van der Waals surface area contributed by atoms with Crippen LogP contribution in [0.15, 0.2) is 47.4 Å². The van der Waals surface area contributed by atoms with E-state index in [1.165, 1.54) is 12.8 Å². The Bertz CT molecular complexity index is 813. The smallest absolute Gasteiger partial charge is 0.240 e. The molecule has 0 aromatic heterocycles. The average Bonchev–Trinajstić information content (AvgIpc) is 3.36. The normalized spacial score (nSPS) is 14.8. The Balaban J connectivity index is 1.57. The van der Waals surface area contributed by atoms with Gasteiger partial charge in [-0.3, -0.25) is 4.79 Å². The summed E-state index contributed by atoms with van der Waals surface area (Å²) < 4.78 is 27.1. The van der Waals surface area contributed by atoms with Crippen LogP contribution in [-0.2, 0) is 14.8 Å². The molecular formula is C17H20N2O3S. The van der Waals surface area contributed by atoms with Crippen LogP contribution in [0.4, 0.5) is 0 Å².